The standard InChI is InChI=1S/C25H26N4O2/c1-17-14-21(8-9-22(17)20-10-12-30-13-11-20)24-26-25(31-28-24)23-15-18(2)29(27-23)16-19-6-4-3-5-7-19/h3-9,14-15,20H,10-13,16H2,1-2H3. The normalized spacial score (nSPS) is 14.8. The third kappa shape index (κ3) is 4.16. The van der Waals surface area contributed by atoms with E-state index in [1.807, 2.05) is 35.9 Å². The highest BCUT2D eigenvalue weighted by Gasteiger charge is 2.19. The third-order valence-corrected chi connectivity index (χ3v) is 5.99. The van der Waals surface area contributed by atoms with Crippen LogP contribution >= 0.6 is 0 Å². The lowest BCUT2D eigenvalue weighted by atomic mass is 9.88. The molecule has 0 radical (unpaired) electrons. The van der Waals surface area contributed by atoms with Crippen molar-refractivity contribution in [1.29, 1.82) is 0 Å². The van der Waals surface area contributed by atoms with Crippen molar-refractivity contribution in [2.75, 3.05) is 13.2 Å². The fraction of sp³-hybridized carbons (Fsp3) is 0.320. The van der Waals surface area contributed by atoms with Crippen LogP contribution in [0, 0.1) is 13.8 Å². The fourth-order valence-electron chi connectivity index (χ4n) is 4.26. The van der Waals surface area contributed by atoms with Crippen LogP contribution in [-0.2, 0) is 11.3 Å². The van der Waals surface area contributed by atoms with E-state index in [9.17, 15) is 0 Å². The van der Waals surface area contributed by atoms with Crippen molar-refractivity contribution in [2.24, 2.45) is 0 Å². The average Bonchev–Trinajstić information content (AvgIpc) is 3.42. The van der Waals surface area contributed by atoms with Crippen molar-refractivity contribution < 1.29 is 9.26 Å². The lowest BCUT2D eigenvalue weighted by Crippen LogP contribution is -2.14. The Morgan fingerprint density at radius 3 is 2.58 bits per heavy atom. The first-order chi connectivity index (χ1) is 15.2. The van der Waals surface area contributed by atoms with Crippen LogP contribution in [0.5, 0.6) is 0 Å². The molecule has 1 aliphatic rings. The maximum absolute atomic E-state index is 5.56. The van der Waals surface area contributed by atoms with E-state index in [4.69, 9.17) is 9.26 Å². The van der Waals surface area contributed by atoms with E-state index < -0.39 is 0 Å². The molecule has 6 heteroatoms. The SMILES string of the molecule is Cc1cc(-c2noc(-c3cc(C)n(Cc4ccccc4)n3)n2)ccc1C1CCOCC1. The van der Waals surface area contributed by atoms with Crippen molar-refractivity contribution in [3.63, 3.8) is 0 Å². The van der Waals surface area contributed by atoms with Crippen molar-refractivity contribution in [3.8, 4) is 23.0 Å². The Kier molecular flexibility index (Phi) is 5.38. The molecule has 0 atom stereocenters. The second kappa shape index (κ2) is 8.47. The lowest BCUT2D eigenvalue weighted by Gasteiger charge is -2.24. The van der Waals surface area contributed by atoms with Gasteiger partial charge in [0.05, 0.1) is 6.54 Å². The highest BCUT2D eigenvalue weighted by molar-refractivity contribution is 5.60. The quantitative estimate of drug-likeness (QED) is 0.451. The summed E-state index contributed by atoms with van der Waals surface area (Å²) < 4.78 is 13.0. The van der Waals surface area contributed by atoms with E-state index in [-0.39, 0.29) is 0 Å². The van der Waals surface area contributed by atoms with Crippen molar-refractivity contribution in [2.45, 2.75) is 39.2 Å². The second-order valence-corrected chi connectivity index (χ2v) is 8.20. The molecular formula is C25H26N4O2. The molecule has 0 spiro atoms. The van der Waals surface area contributed by atoms with E-state index in [0.717, 1.165) is 37.3 Å². The number of ether oxygens (including phenoxy) is 1. The summed E-state index contributed by atoms with van der Waals surface area (Å²) in [4.78, 5) is 4.62. The van der Waals surface area contributed by atoms with Crippen molar-refractivity contribution in [1.82, 2.24) is 19.9 Å². The first-order valence-corrected chi connectivity index (χ1v) is 10.8. The van der Waals surface area contributed by atoms with Crippen LogP contribution in [0.4, 0.5) is 0 Å². The van der Waals surface area contributed by atoms with E-state index in [1.54, 1.807) is 0 Å². The van der Waals surface area contributed by atoms with Gasteiger partial charge in [0.25, 0.3) is 5.89 Å². The predicted octanol–water partition coefficient (Wildman–Crippen LogP) is 5.16. The molecule has 1 fully saturated rings. The summed E-state index contributed by atoms with van der Waals surface area (Å²) in [6.07, 6.45) is 2.16. The molecule has 6 nitrogen and oxygen atoms in total. The van der Waals surface area contributed by atoms with Gasteiger partial charge in [-0.25, -0.2) is 0 Å². The van der Waals surface area contributed by atoms with Crippen LogP contribution < -0.4 is 0 Å². The van der Waals surface area contributed by atoms with Crippen LogP contribution in [0.3, 0.4) is 0 Å². The van der Waals surface area contributed by atoms with Gasteiger partial charge < -0.3 is 9.26 Å². The molecule has 1 saturated heterocycles. The molecule has 4 aromatic rings. The Morgan fingerprint density at radius 1 is 1.00 bits per heavy atom. The van der Waals surface area contributed by atoms with Crippen LogP contribution in [0.2, 0.25) is 0 Å². The molecule has 0 aliphatic carbocycles. The topological polar surface area (TPSA) is 66.0 Å². The fourth-order valence-corrected chi connectivity index (χ4v) is 4.26. The van der Waals surface area contributed by atoms with Crippen LogP contribution in [0.15, 0.2) is 59.1 Å². The van der Waals surface area contributed by atoms with Gasteiger partial charge in [-0.05, 0) is 61.4 Å². The Morgan fingerprint density at radius 2 is 1.81 bits per heavy atom. The van der Waals surface area contributed by atoms with Gasteiger partial charge in [-0.15, -0.1) is 0 Å². The molecule has 0 N–H and O–H groups in total. The van der Waals surface area contributed by atoms with Crippen molar-refractivity contribution >= 4 is 0 Å². The number of nitrogens with zero attached hydrogens (tertiary/aromatic N) is 4. The zero-order valence-electron chi connectivity index (χ0n) is 17.9. The first kappa shape index (κ1) is 19.7. The summed E-state index contributed by atoms with van der Waals surface area (Å²) in [5.41, 5.74) is 6.57. The summed E-state index contributed by atoms with van der Waals surface area (Å²) in [5.74, 6) is 1.60. The Labute approximate surface area is 181 Å². The maximum atomic E-state index is 5.56. The lowest BCUT2D eigenvalue weighted by molar-refractivity contribution is 0.0852. The molecule has 2 aromatic carbocycles. The highest BCUT2D eigenvalue weighted by Crippen LogP contribution is 2.32. The number of benzene rings is 2. The summed E-state index contributed by atoms with van der Waals surface area (Å²) in [7, 11) is 0. The Balaban J connectivity index is 1.37. The summed E-state index contributed by atoms with van der Waals surface area (Å²) in [6, 6.07) is 18.7. The molecule has 1 aliphatic heterocycles. The van der Waals surface area contributed by atoms with Crippen molar-refractivity contribution in [3.05, 3.63) is 77.0 Å². The van der Waals surface area contributed by atoms with Gasteiger partial charge in [-0.3, -0.25) is 4.68 Å². The predicted molar refractivity (Wildman–Crippen MR) is 119 cm³/mol. The molecule has 158 valence electrons. The average molecular weight is 415 g/mol. The summed E-state index contributed by atoms with van der Waals surface area (Å²) in [6.45, 7) is 6.59. The van der Waals surface area contributed by atoms with E-state index in [1.165, 1.54) is 16.7 Å². The molecular weight excluding hydrogens is 388 g/mol. The minimum Gasteiger partial charge on any atom is -0.381 e. The maximum Gasteiger partial charge on any atom is 0.278 e. The minimum absolute atomic E-state index is 0.441. The van der Waals surface area contributed by atoms with Gasteiger partial charge in [0.1, 0.15) is 0 Å². The van der Waals surface area contributed by atoms with E-state index in [0.29, 0.717) is 29.9 Å². The monoisotopic (exact) mass is 414 g/mol. The van der Waals surface area contributed by atoms with Gasteiger partial charge in [-0.1, -0.05) is 47.6 Å². The number of hydrogen-bond acceptors (Lipinski definition) is 5. The number of aryl methyl sites for hydroxylation is 2. The van der Waals surface area contributed by atoms with Gasteiger partial charge in [0.15, 0.2) is 5.69 Å². The van der Waals surface area contributed by atoms with Gasteiger partial charge >= 0.3 is 0 Å². The van der Waals surface area contributed by atoms with E-state index in [2.05, 4.69) is 52.5 Å². The Hall–Kier alpha value is -3.25. The molecule has 31 heavy (non-hydrogen) atoms. The van der Waals surface area contributed by atoms with Crippen LogP contribution in [0.1, 0.15) is 41.1 Å². The molecule has 0 amide bonds. The molecule has 0 saturated carbocycles. The first-order valence-electron chi connectivity index (χ1n) is 10.8. The molecule has 3 heterocycles. The molecule has 5 rings (SSSR count). The smallest absolute Gasteiger partial charge is 0.278 e. The minimum atomic E-state index is 0.441. The second-order valence-electron chi connectivity index (χ2n) is 8.20. The molecule has 0 unspecified atom stereocenters. The number of hydrogen-bond donors (Lipinski definition) is 0. The summed E-state index contributed by atoms with van der Waals surface area (Å²) >= 11 is 0. The van der Waals surface area contributed by atoms with E-state index >= 15 is 0 Å². The number of rotatable bonds is 5. The summed E-state index contributed by atoms with van der Waals surface area (Å²) in [5, 5.41) is 8.90. The highest BCUT2D eigenvalue weighted by atomic mass is 16.5. The Bertz CT molecular complexity index is 1170. The van der Waals surface area contributed by atoms with Gasteiger partial charge in [0.2, 0.25) is 5.82 Å². The van der Waals surface area contributed by atoms with Gasteiger partial charge in [-0.2, -0.15) is 10.1 Å². The molecule has 2 aromatic heterocycles. The zero-order valence-corrected chi connectivity index (χ0v) is 17.9. The zero-order chi connectivity index (χ0) is 21.2. The third-order valence-electron chi connectivity index (χ3n) is 5.99. The largest absolute Gasteiger partial charge is 0.381 e. The van der Waals surface area contributed by atoms with Gasteiger partial charge in [0, 0.05) is 24.5 Å². The van der Waals surface area contributed by atoms with Crippen LogP contribution in [-0.4, -0.2) is 33.1 Å². The van der Waals surface area contributed by atoms with Crippen LogP contribution in [0.25, 0.3) is 23.0 Å². The molecule has 0 bridgehead atoms. The number of aromatic nitrogens is 4.